The van der Waals surface area contributed by atoms with Gasteiger partial charge in [-0.25, -0.2) is 9.59 Å². The van der Waals surface area contributed by atoms with Crippen molar-refractivity contribution in [1.82, 2.24) is 31.0 Å². The highest BCUT2D eigenvalue weighted by Gasteiger charge is 2.31. The van der Waals surface area contributed by atoms with Gasteiger partial charge in [0.15, 0.2) is 23.0 Å². The zero-order valence-electron chi connectivity index (χ0n) is 35.2. The predicted molar refractivity (Wildman–Crippen MR) is 231 cm³/mol. The second kappa shape index (κ2) is 21.8. The fourth-order valence-electron chi connectivity index (χ4n) is 5.26. The molecule has 4 aromatic rings. The SMILES string of the molecule is C/C(N)=N/O.CNC(=O)c1nnc(NC(=O)C2CC2)cc1Nc1cccc(C(=O)O)c1C.CNC(=O)c1nnc(NC(=O)C2CC2)cc1Nc1cccc(C(=O)O/N=C(/C)N)c1C. The minimum Gasteiger partial charge on any atom is -0.478 e. The average Bonchev–Trinajstić information content (AvgIpc) is 4.19. The molecule has 23 nitrogen and oxygen atoms in total. The first kappa shape index (κ1) is 47.4. The van der Waals surface area contributed by atoms with E-state index in [2.05, 4.69) is 62.6 Å². The van der Waals surface area contributed by atoms with Gasteiger partial charge in [0, 0.05) is 49.4 Å². The normalized spacial score (nSPS) is 13.0. The van der Waals surface area contributed by atoms with Crippen molar-refractivity contribution in [2.75, 3.05) is 35.4 Å². The van der Waals surface area contributed by atoms with Gasteiger partial charge in [0.1, 0.15) is 11.7 Å². The van der Waals surface area contributed by atoms with Crippen LogP contribution in [0.25, 0.3) is 0 Å². The standard InChI is InChI=1S/C20H23N7O4.C18H19N5O4.C2H6N2O/c1-10-13(20(30)31-27-11(2)21)5-4-6-14(10)23-15-9-16(24-18(28)12-7-8-12)25-26-17(15)19(29)22-3;1-9-11(18(26)27)4-3-5-12(9)20-13-8-14(21-16(24)10-6-7-10)22-23-15(13)17(25)19-2;1-2(3)4-5/h4-6,9,12H,7-8H2,1-3H3,(H2,21,27)(H,22,29)(H2,23,24,25,28);3-5,8,10H,6-7H2,1-2H3,(H,19,25)(H,26,27)(H2,20,21,22,24);5H,1H3,(H2,3,4). The van der Waals surface area contributed by atoms with Crippen LogP contribution in [0.5, 0.6) is 0 Å². The number of aromatic carboxylic acids is 1. The number of carbonyl (C=O) groups is 6. The van der Waals surface area contributed by atoms with Crippen molar-refractivity contribution in [3.63, 3.8) is 0 Å². The molecule has 0 spiro atoms. The molecule has 2 aromatic carbocycles. The summed E-state index contributed by atoms with van der Waals surface area (Å²) in [6.07, 6.45) is 3.39. The number of hydrogen-bond acceptors (Lipinski definition) is 16. The van der Waals surface area contributed by atoms with Gasteiger partial charge in [0.05, 0.1) is 22.5 Å². The van der Waals surface area contributed by atoms with E-state index in [1.54, 1.807) is 44.2 Å². The number of amidine groups is 2. The minimum atomic E-state index is -1.05. The Morgan fingerprint density at radius 3 is 1.44 bits per heavy atom. The predicted octanol–water partition coefficient (Wildman–Crippen LogP) is 3.37. The molecule has 63 heavy (non-hydrogen) atoms. The number of benzene rings is 2. The lowest BCUT2D eigenvalue weighted by Crippen LogP contribution is -2.22. The lowest BCUT2D eigenvalue weighted by molar-refractivity contribution is -0.118. The van der Waals surface area contributed by atoms with Crippen molar-refractivity contribution in [1.29, 1.82) is 0 Å². The van der Waals surface area contributed by atoms with E-state index in [1.165, 1.54) is 46.1 Å². The Kier molecular flexibility index (Phi) is 16.5. The number of carboxylic acids is 1. The van der Waals surface area contributed by atoms with Crippen molar-refractivity contribution < 1.29 is 43.9 Å². The topological polar surface area (TPSA) is 353 Å². The summed E-state index contributed by atoms with van der Waals surface area (Å²) in [5.41, 5.74) is 13.4. The Morgan fingerprint density at radius 2 is 1.08 bits per heavy atom. The highest BCUT2D eigenvalue weighted by atomic mass is 16.7. The van der Waals surface area contributed by atoms with Crippen LogP contribution in [0, 0.1) is 25.7 Å². The summed E-state index contributed by atoms with van der Waals surface area (Å²) in [6.45, 7) is 6.37. The number of aromatic nitrogens is 4. The van der Waals surface area contributed by atoms with E-state index in [-0.39, 0.29) is 69.5 Å². The molecule has 2 heterocycles. The van der Waals surface area contributed by atoms with Gasteiger partial charge in [-0.3, -0.25) is 19.2 Å². The first-order valence-electron chi connectivity index (χ1n) is 19.2. The highest BCUT2D eigenvalue weighted by Crippen LogP contribution is 2.32. The van der Waals surface area contributed by atoms with E-state index in [4.69, 9.17) is 21.5 Å². The van der Waals surface area contributed by atoms with Gasteiger partial charge in [0.2, 0.25) is 11.8 Å². The van der Waals surface area contributed by atoms with E-state index >= 15 is 0 Å². The van der Waals surface area contributed by atoms with E-state index in [0.717, 1.165) is 25.7 Å². The van der Waals surface area contributed by atoms with Gasteiger partial charge in [-0.1, -0.05) is 22.4 Å². The number of hydrogen-bond donors (Lipinski definition) is 10. The van der Waals surface area contributed by atoms with Crippen LogP contribution < -0.4 is 43.4 Å². The Hall–Kier alpha value is -8.24. The summed E-state index contributed by atoms with van der Waals surface area (Å²) < 4.78 is 0. The van der Waals surface area contributed by atoms with Crippen LogP contribution in [0.3, 0.4) is 0 Å². The second-order valence-electron chi connectivity index (χ2n) is 14.0. The quantitative estimate of drug-likeness (QED) is 0.0303. The summed E-state index contributed by atoms with van der Waals surface area (Å²) in [6, 6.07) is 12.8. The Balaban J connectivity index is 0.000000252. The average molecular weight is 869 g/mol. The van der Waals surface area contributed by atoms with E-state index < -0.39 is 23.8 Å². The molecular weight excluding hydrogens is 821 g/mol. The number of rotatable bonds is 13. The maximum Gasteiger partial charge on any atom is 0.366 e. The molecule has 0 radical (unpaired) electrons. The Bertz CT molecular complexity index is 2440. The van der Waals surface area contributed by atoms with Crippen LogP contribution in [0.2, 0.25) is 0 Å². The van der Waals surface area contributed by atoms with E-state index in [1.807, 2.05) is 0 Å². The van der Waals surface area contributed by atoms with Crippen molar-refractivity contribution >= 4 is 81.6 Å². The molecule has 2 saturated carbocycles. The first-order chi connectivity index (χ1) is 30.0. The van der Waals surface area contributed by atoms with Gasteiger partial charge in [-0.15, -0.1) is 20.4 Å². The van der Waals surface area contributed by atoms with Gasteiger partial charge in [0.25, 0.3) is 11.8 Å². The third-order valence-electron chi connectivity index (χ3n) is 8.96. The van der Waals surface area contributed by atoms with Crippen molar-refractivity contribution in [2.24, 2.45) is 33.6 Å². The molecule has 0 saturated heterocycles. The molecule has 6 rings (SSSR count). The molecule has 2 aliphatic carbocycles. The van der Waals surface area contributed by atoms with Crippen LogP contribution in [-0.2, 0) is 14.4 Å². The third kappa shape index (κ3) is 13.6. The van der Waals surface area contributed by atoms with Crippen LogP contribution in [0.15, 0.2) is 58.8 Å². The van der Waals surface area contributed by atoms with E-state index in [9.17, 15) is 33.9 Å². The van der Waals surface area contributed by atoms with Gasteiger partial charge >= 0.3 is 11.9 Å². The summed E-state index contributed by atoms with van der Waals surface area (Å²) in [7, 11) is 2.94. The molecule has 2 aliphatic rings. The zero-order chi connectivity index (χ0) is 46.4. The fraction of sp³-hybridized carbons (Fsp3) is 0.300. The maximum absolute atomic E-state index is 12.3. The molecule has 23 heteroatoms. The fourth-order valence-corrected chi connectivity index (χ4v) is 5.26. The third-order valence-corrected chi connectivity index (χ3v) is 8.96. The van der Waals surface area contributed by atoms with Crippen LogP contribution in [0.1, 0.15) is 92.4 Å². The maximum atomic E-state index is 12.3. The molecule has 0 aliphatic heterocycles. The summed E-state index contributed by atoms with van der Waals surface area (Å²) >= 11 is 0. The van der Waals surface area contributed by atoms with E-state index in [0.29, 0.717) is 33.9 Å². The molecule has 2 fully saturated rings. The smallest absolute Gasteiger partial charge is 0.366 e. The van der Waals surface area contributed by atoms with Gasteiger partial charge in [-0.2, -0.15) is 0 Å². The molecular formula is C40H48N14O9. The van der Waals surface area contributed by atoms with Crippen molar-refractivity contribution in [3.8, 4) is 0 Å². The zero-order valence-corrected chi connectivity index (χ0v) is 35.2. The lowest BCUT2D eigenvalue weighted by atomic mass is 10.1. The first-order valence-corrected chi connectivity index (χ1v) is 19.2. The molecule has 0 unspecified atom stereocenters. The number of anilines is 6. The number of carbonyl (C=O) groups excluding carboxylic acids is 5. The summed E-state index contributed by atoms with van der Waals surface area (Å²) in [5.74, 6) is -2.20. The van der Waals surface area contributed by atoms with Gasteiger partial charge < -0.3 is 58.5 Å². The summed E-state index contributed by atoms with van der Waals surface area (Å²) in [5, 5.41) is 55.1. The van der Waals surface area contributed by atoms with Gasteiger partial charge in [-0.05, 0) is 88.8 Å². The monoisotopic (exact) mass is 868 g/mol. The van der Waals surface area contributed by atoms with Crippen molar-refractivity contribution in [3.05, 3.63) is 82.2 Å². The van der Waals surface area contributed by atoms with Crippen LogP contribution in [0.4, 0.5) is 34.4 Å². The highest BCUT2D eigenvalue weighted by molar-refractivity contribution is 6.01. The Labute approximate surface area is 360 Å². The molecule has 12 N–H and O–H groups in total. The second-order valence-corrected chi connectivity index (χ2v) is 14.0. The minimum absolute atomic E-state index is 0.00341. The Morgan fingerprint density at radius 1 is 0.667 bits per heavy atom. The molecule has 332 valence electrons. The molecule has 2 aromatic heterocycles. The number of carboxylic acid groups (broad SMARTS) is 1. The van der Waals surface area contributed by atoms with Crippen LogP contribution >= 0.6 is 0 Å². The molecule has 0 atom stereocenters. The number of amides is 4. The van der Waals surface area contributed by atoms with Crippen LogP contribution in [-0.4, -0.2) is 92.0 Å². The number of oxime groups is 2. The van der Waals surface area contributed by atoms with Crippen molar-refractivity contribution in [2.45, 2.75) is 53.4 Å². The number of nitrogens with zero attached hydrogens (tertiary/aromatic N) is 6. The number of nitrogens with one attached hydrogen (secondary N) is 6. The summed E-state index contributed by atoms with van der Waals surface area (Å²) in [4.78, 5) is 76.8. The molecule has 0 bridgehead atoms. The largest absolute Gasteiger partial charge is 0.478 e. The molecule has 4 amide bonds. The number of nitrogens with two attached hydrogens (primary N) is 2. The lowest BCUT2D eigenvalue weighted by Gasteiger charge is -2.15.